The standard InChI is InChI=1S/C15H23N3O2/c1-11(2)14(19)17-8-9-18(12(3)10-17)15(20)13-6-5-7-16(13)4/h5-7,11-12H,8-10H2,1-4H3. The van der Waals surface area contributed by atoms with Crippen LogP contribution in [-0.4, -0.2) is 51.9 Å². The third-order valence-corrected chi connectivity index (χ3v) is 3.86. The zero-order valence-corrected chi connectivity index (χ0v) is 12.7. The molecule has 0 aromatic carbocycles. The van der Waals surface area contributed by atoms with E-state index in [0.717, 1.165) is 0 Å². The van der Waals surface area contributed by atoms with Gasteiger partial charge < -0.3 is 14.4 Å². The molecule has 1 fully saturated rings. The summed E-state index contributed by atoms with van der Waals surface area (Å²) in [5, 5.41) is 0. The molecular weight excluding hydrogens is 254 g/mol. The molecule has 20 heavy (non-hydrogen) atoms. The van der Waals surface area contributed by atoms with Crippen molar-refractivity contribution < 1.29 is 9.59 Å². The van der Waals surface area contributed by atoms with Crippen molar-refractivity contribution in [3.63, 3.8) is 0 Å². The van der Waals surface area contributed by atoms with Crippen molar-refractivity contribution in [3.05, 3.63) is 24.0 Å². The van der Waals surface area contributed by atoms with Crippen molar-refractivity contribution in [2.75, 3.05) is 19.6 Å². The van der Waals surface area contributed by atoms with E-state index >= 15 is 0 Å². The van der Waals surface area contributed by atoms with Crippen molar-refractivity contribution in [1.29, 1.82) is 0 Å². The molecule has 0 N–H and O–H groups in total. The number of rotatable bonds is 2. The van der Waals surface area contributed by atoms with Crippen LogP contribution in [0.25, 0.3) is 0 Å². The fourth-order valence-electron chi connectivity index (χ4n) is 2.66. The quantitative estimate of drug-likeness (QED) is 0.819. The third-order valence-electron chi connectivity index (χ3n) is 3.86. The maximum absolute atomic E-state index is 12.5. The van der Waals surface area contributed by atoms with Crippen molar-refractivity contribution in [2.45, 2.75) is 26.8 Å². The number of nitrogens with zero attached hydrogens (tertiary/aromatic N) is 3. The number of aromatic nitrogens is 1. The minimum Gasteiger partial charge on any atom is -0.347 e. The first-order valence-electron chi connectivity index (χ1n) is 7.13. The number of aryl methyl sites for hydroxylation is 1. The maximum atomic E-state index is 12.5. The van der Waals surface area contributed by atoms with Gasteiger partial charge in [0.15, 0.2) is 0 Å². The van der Waals surface area contributed by atoms with Gasteiger partial charge >= 0.3 is 0 Å². The van der Waals surface area contributed by atoms with Crippen LogP contribution in [-0.2, 0) is 11.8 Å². The van der Waals surface area contributed by atoms with E-state index in [9.17, 15) is 9.59 Å². The molecule has 1 aromatic heterocycles. The molecule has 1 atom stereocenters. The van der Waals surface area contributed by atoms with Gasteiger partial charge in [0.2, 0.25) is 5.91 Å². The molecule has 5 heteroatoms. The predicted octanol–water partition coefficient (Wildman–Crippen LogP) is 1.35. The van der Waals surface area contributed by atoms with Gasteiger partial charge in [-0.25, -0.2) is 0 Å². The number of carbonyl (C=O) groups is 2. The summed E-state index contributed by atoms with van der Waals surface area (Å²) < 4.78 is 1.83. The smallest absolute Gasteiger partial charge is 0.270 e. The summed E-state index contributed by atoms with van der Waals surface area (Å²) in [6.45, 7) is 7.66. The summed E-state index contributed by atoms with van der Waals surface area (Å²) in [5.41, 5.74) is 0.695. The Morgan fingerprint density at radius 2 is 2.00 bits per heavy atom. The van der Waals surface area contributed by atoms with E-state index in [1.807, 2.05) is 60.5 Å². The fourth-order valence-corrected chi connectivity index (χ4v) is 2.66. The lowest BCUT2D eigenvalue weighted by atomic mass is 10.1. The van der Waals surface area contributed by atoms with E-state index in [4.69, 9.17) is 0 Å². The Morgan fingerprint density at radius 3 is 2.50 bits per heavy atom. The topological polar surface area (TPSA) is 45.6 Å². The van der Waals surface area contributed by atoms with E-state index in [-0.39, 0.29) is 23.8 Å². The predicted molar refractivity (Wildman–Crippen MR) is 77.3 cm³/mol. The summed E-state index contributed by atoms with van der Waals surface area (Å²) >= 11 is 0. The molecule has 0 aliphatic carbocycles. The van der Waals surface area contributed by atoms with E-state index in [1.54, 1.807) is 0 Å². The molecule has 1 aromatic rings. The minimum atomic E-state index is 0.0114. The molecule has 0 spiro atoms. The monoisotopic (exact) mass is 277 g/mol. The highest BCUT2D eigenvalue weighted by Gasteiger charge is 2.31. The summed E-state index contributed by atoms with van der Waals surface area (Å²) in [7, 11) is 1.87. The normalized spacial score (nSPS) is 19.6. The van der Waals surface area contributed by atoms with Crippen molar-refractivity contribution >= 4 is 11.8 Å². The lowest BCUT2D eigenvalue weighted by molar-refractivity contribution is -0.136. The number of hydrogen-bond acceptors (Lipinski definition) is 2. The van der Waals surface area contributed by atoms with Crippen LogP contribution in [0, 0.1) is 5.92 Å². The molecular formula is C15H23N3O2. The summed E-state index contributed by atoms with van der Waals surface area (Å²) in [5.74, 6) is 0.224. The SMILES string of the molecule is CC(C)C(=O)N1CCN(C(=O)c2cccn2C)C(C)C1. The Kier molecular flexibility index (Phi) is 4.16. The lowest BCUT2D eigenvalue weighted by Crippen LogP contribution is -2.56. The van der Waals surface area contributed by atoms with Gasteiger partial charge in [-0.3, -0.25) is 9.59 Å². The van der Waals surface area contributed by atoms with Gasteiger partial charge in [0.05, 0.1) is 0 Å². The molecule has 0 bridgehead atoms. The first-order valence-corrected chi connectivity index (χ1v) is 7.13. The van der Waals surface area contributed by atoms with Crippen LogP contribution < -0.4 is 0 Å². The van der Waals surface area contributed by atoms with Gasteiger partial charge in [0.25, 0.3) is 5.91 Å². The van der Waals surface area contributed by atoms with Gasteiger partial charge in [-0.05, 0) is 19.1 Å². The summed E-state index contributed by atoms with van der Waals surface area (Å²) in [6, 6.07) is 3.76. The van der Waals surface area contributed by atoms with Crippen LogP contribution in [0.2, 0.25) is 0 Å². The van der Waals surface area contributed by atoms with E-state index in [1.165, 1.54) is 0 Å². The number of piperazine rings is 1. The average molecular weight is 277 g/mol. The molecule has 1 saturated heterocycles. The second kappa shape index (κ2) is 5.69. The highest BCUT2D eigenvalue weighted by atomic mass is 16.2. The zero-order chi connectivity index (χ0) is 14.9. The van der Waals surface area contributed by atoms with E-state index < -0.39 is 0 Å². The number of hydrogen-bond donors (Lipinski definition) is 0. The van der Waals surface area contributed by atoms with E-state index in [0.29, 0.717) is 25.3 Å². The van der Waals surface area contributed by atoms with Crippen LogP contribution >= 0.6 is 0 Å². The van der Waals surface area contributed by atoms with Crippen LogP contribution in [0.1, 0.15) is 31.3 Å². The summed E-state index contributed by atoms with van der Waals surface area (Å²) in [4.78, 5) is 28.3. The molecule has 1 unspecified atom stereocenters. The van der Waals surface area contributed by atoms with Crippen LogP contribution in [0.4, 0.5) is 0 Å². The average Bonchev–Trinajstić information content (AvgIpc) is 2.83. The van der Waals surface area contributed by atoms with Crippen LogP contribution in [0.3, 0.4) is 0 Å². The fraction of sp³-hybridized carbons (Fsp3) is 0.600. The molecule has 1 aliphatic heterocycles. The van der Waals surface area contributed by atoms with Crippen molar-refractivity contribution in [3.8, 4) is 0 Å². The van der Waals surface area contributed by atoms with Gasteiger partial charge in [-0.1, -0.05) is 13.8 Å². The molecule has 2 rings (SSSR count). The maximum Gasteiger partial charge on any atom is 0.270 e. The number of amides is 2. The molecule has 1 aliphatic rings. The number of carbonyl (C=O) groups excluding carboxylic acids is 2. The minimum absolute atomic E-state index is 0.0114. The molecule has 110 valence electrons. The molecule has 0 saturated carbocycles. The van der Waals surface area contributed by atoms with Crippen LogP contribution in [0.15, 0.2) is 18.3 Å². The summed E-state index contributed by atoms with van der Waals surface area (Å²) in [6.07, 6.45) is 1.87. The Balaban J connectivity index is 2.05. The zero-order valence-electron chi connectivity index (χ0n) is 12.7. The second-order valence-electron chi connectivity index (χ2n) is 5.79. The Bertz CT molecular complexity index is 507. The Labute approximate surface area is 120 Å². The molecule has 2 heterocycles. The second-order valence-corrected chi connectivity index (χ2v) is 5.79. The van der Waals surface area contributed by atoms with E-state index in [2.05, 4.69) is 0 Å². The third kappa shape index (κ3) is 2.71. The van der Waals surface area contributed by atoms with Gasteiger partial charge in [0.1, 0.15) is 5.69 Å². The van der Waals surface area contributed by atoms with Gasteiger partial charge in [-0.2, -0.15) is 0 Å². The van der Waals surface area contributed by atoms with Gasteiger partial charge in [-0.15, -0.1) is 0 Å². The molecule has 2 amide bonds. The highest BCUT2D eigenvalue weighted by Crippen LogP contribution is 2.16. The highest BCUT2D eigenvalue weighted by molar-refractivity contribution is 5.93. The Morgan fingerprint density at radius 1 is 1.30 bits per heavy atom. The van der Waals surface area contributed by atoms with Crippen molar-refractivity contribution in [2.24, 2.45) is 13.0 Å². The first-order chi connectivity index (χ1) is 9.41. The largest absolute Gasteiger partial charge is 0.347 e. The molecule has 5 nitrogen and oxygen atoms in total. The van der Waals surface area contributed by atoms with Crippen molar-refractivity contribution in [1.82, 2.24) is 14.4 Å². The van der Waals surface area contributed by atoms with Gasteiger partial charge in [0, 0.05) is 44.8 Å². The molecule has 0 radical (unpaired) electrons. The lowest BCUT2D eigenvalue weighted by Gasteiger charge is -2.40. The Hall–Kier alpha value is -1.78. The van der Waals surface area contributed by atoms with Crippen LogP contribution in [0.5, 0.6) is 0 Å². The first kappa shape index (κ1) is 14.6.